The molecule has 0 spiro atoms. The minimum atomic E-state index is 0.239. The molecule has 1 aliphatic carbocycles. The van der Waals surface area contributed by atoms with Gasteiger partial charge in [0.2, 0.25) is 0 Å². The smallest absolute Gasteiger partial charge is 0.0947 e. The number of nitrogens with zero attached hydrogens (tertiary/aromatic N) is 1. The van der Waals surface area contributed by atoms with Gasteiger partial charge in [-0.3, -0.25) is 0 Å². The van der Waals surface area contributed by atoms with E-state index in [1.807, 2.05) is 11.8 Å². The fraction of sp³-hybridized carbons (Fsp3) is 0.923. The number of rotatable bonds is 3. The molecule has 0 bridgehead atoms. The van der Waals surface area contributed by atoms with E-state index in [1.54, 1.807) is 0 Å². The average molecular weight is 239 g/mol. The van der Waals surface area contributed by atoms with Crippen LogP contribution in [0.4, 0.5) is 0 Å². The Kier molecular flexibility index (Phi) is 4.99. The standard InChI is InChI=1S/C13H21NOS/c14-10-13(11-4-2-1-3-5-11)16-12-6-8-15-9-7-12/h11-13H,1-9H2/t13-/m0/s1. The van der Waals surface area contributed by atoms with E-state index in [4.69, 9.17) is 4.74 Å². The van der Waals surface area contributed by atoms with Crippen molar-refractivity contribution in [3.05, 3.63) is 0 Å². The van der Waals surface area contributed by atoms with Crippen molar-refractivity contribution in [1.29, 1.82) is 5.26 Å². The third-order valence-corrected chi connectivity index (χ3v) is 5.35. The molecule has 0 aromatic heterocycles. The molecule has 0 aromatic rings. The van der Waals surface area contributed by atoms with Crippen LogP contribution in [-0.4, -0.2) is 23.7 Å². The van der Waals surface area contributed by atoms with Crippen LogP contribution in [0.25, 0.3) is 0 Å². The van der Waals surface area contributed by atoms with Gasteiger partial charge in [0.25, 0.3) is 0 Å². The minimum Gasteiger partial charge on any atom is -0.381 e. The summed E-state index contributed by atoms with van der Waals surface area (Å²) < 4.78 is 5.36. The minimum absolute atomic E-state index is 0.239. The van der Waals surface area contributed by atoms with E-state index < -0.39 is 0 Å². The van der Waals surface area contributed by atoms with E-state index in [9.17, 15) is 5.26 Å². The summed E-state index contributed by atoms with van der Waals surface area (Å²) in [7, 11) is 0. The van der Waals surface area contributed by atoms with Gasteiger partial charge in [-0.05, 0) is 31.6 Å². The van der Waals surface area contributed by atoms with Crippen LogP contribution in [0, 0.1) is 17.2 Å². The van der Waals surface area contributed by atoms with Crippen LogP contribution in [0.1, 0.15) is 44.9 Å². The van der Waals surface area contributed by atoms with E-state index in [1.165, 1.54) is 32.1 Å². The summed E-state index contributed by atoms with van der Waals surface area (Å²) in [6, 6.07) is 2.54. The Labute approximate surface area is 103 Å². The SMILES string of the molecule is N#C[C@H](SC1CCOCC1)C1CCCCC1. The normalized spacial score (nSPS) is 26.2. The molecule has 3 heteroatoms. The van der Waals surface area contributed by atoms with Gasteiger partial charge in [0, 0.05) is 18.5 Å². The fourth-order valence-corrected chi connectivity index (χ4v) is 4.14. The zero-order chi connectivity index (χ0) is 11.2. The van der Waals surface area contributed by atoms with Crippen molar-refractivity contribution in [2.24, 2.45) is 5.92 Å². The Balaban J connectivity index is 1.81. The summed E-state index contributed by atoms with van der Waals surface area (Å²) in [5, 5.41) is 10.2. The number of nitriles is 1. The zero-order valence-electron chi connectivity index (χ0n) is 9.86. The van der Waals surface area contributed by atoms with Crippen LogP contribution >= 0.6 is 11.8 Å². The fourth-order valence-electron chi connectivity index (χ4n) is 2.70. The second-order valence-electron chi connectivity index (χ2n) is 4.90. The Morgan fingerprint density at radius 3 is 2.38 bits per heavy atom. The molecule has 0 aromatic carbocycles. The third kappa shape index (κ3) is 3.40. The number of hydrogen-bond donors (Lipinski definition) is 0. The molecule has 2 rings (SSSR count). The van der Waals surface area contributed by atoms with Gasteiger partial charge in [-0.25, -0.2) is 0 Å². The highest BCUT2D eigenvalue weighted by molar-refractivity contribution is 8.00. The van der Waals surface area contributed by atoms with Gasteiger partial charge in [-0.15, -0.1) is 11.8 Å². The van der Waals surface area contributed by atoms with Gasteiger partial charge < -0.3 is 4.74 Å². The molecular weight excluding hydrogens is 218 g/mol. The maximum atomic E-state index is 9.31. The maximum Gasteiger partial charge on any atom is 0.0947 e. The van der Waals surface area contributed by atoms with E-state index in [0.717, 1.165) is 26.1 Å². The lowest BCUT2D eigenvalue weighted by Crippen LogP contribution is -2.25. The summed E-state index contributed by atoms with van der Waals surface area (Å²) in [6.45, 7) is 1.78. The van der Waals surface area contributed by atoms with E-state index in [-0.39, 0.29) is 5.25 Å². The predicted octanol–water partition coefficient (Wildman–Crippen LogP) is 3.37. The number of thioether (sulfide) groups is 1. The molecule has 1 aliphatic heterocycles. The highest BCUT2D eigenvalue weighted by Gasteiger charge is 2.27. The second kappa shape index (κ2) is 6.51. The molecule has 0 amide bonds. The molecule has 0 radical (unpaired) electrons. The molecule has 1 heterocycles. The van der Waals surface area contributed by atoms with E-state index >= 15 is 0 Å². The Morgan fingerprint density at radius 2 is 1.75 bits per heavy atom. The second-order valence-corrected chi connectivity index (χ2v) is 6.34. The molecule has 0 N–H and O–H groups in total. The Hall–Kier alpha value is -0.200. The van der Waals surface area contributed by atoms with E-state index in [2.05, 4.69) is 6.07 Å². The maximum absolute atomic E-state index is 9.31. The van der Waals surface area contributed by atoms with Gasteiger partial charge in [0.15, 0.2) is 0 Å². The van der Waals surface area contributed by atoms with Crippen molar-refractivity contribution in [2.75, 3.05) is 13.2 Å². The summed E-state index contributed by atoms with van der Waals surface area (Å²) in [5.74, 6) is 0.659. The van der Waals surface area contributed by atoms with Gasteiger partial charge >= 0.3 is 0 Å². The lowest BCUT2D eigenvalue weighted by Gasteiger charge is -2.29. The van der Waals surface area contributed by atoms with Crippen molar-refractivity contribution in [2.45, 2.75) is 55.4 Å². The molecule has 2 nitrogen and oxygen atoms in total. The monoisotopic (exact) mass is 239 g/mol. The van der Waals surface area contributed by atoms with Gasteiger partial charge in [-0.1, -0.05) is 19.3 Å². The lowest BCUT2D eigenvalue weighted by molar-refractivity contribution is 0.0999. The lowest BCUT2D eigenvalue weighted by atomic mass is 9.87. The van der Waals surface area contributed by atoms with Crippen LogP contribution in [0.5, 0.6) is 0 Å². The van der Waals surface area contributed by atoms with Crippen LogP contribution < -0.4 is 0 Å². The topological polar surface area (TPSA) is 33.0 Å². The van der Waals surface area contributed by atoms with Gasteiger partial charge in [0.1, 0.15) is 0 Å². The van der Waals surface area contributed by atoms with Crippen LogP contribution in [-0.2, 0) is 4.74 Å². The third-order valence-electron chi connectivity index (χ3n) is 3.71. The summed E-state index contributed by atoms with van der Waals surface area (Å²) >= 11 is 1.93. The zero-order valence-corrected chi connectivity index (χ0v) is 10.7. The molecule has 1 atom stereocenters. The molecular formula is C13H21NOS. The highest BCUT2D eigenvalue weighted by atomic mass is 32.2. The van der Waals surface area contributed by atoms with Gasteiger partial charge in [-0.2, -0.15) is 5.26 Å². The summed E-state index contributed by atoms with van der Waals surface area (Å²) in [4.78, 5) is 0. The number of ether oxygens (including phenoxy) is 1. The van der Waals surface area contributed by atoms with Crippen LogP contribution in [0.15, 0.2) is 0 Å². The van der Waals surface area contributed by atoms with Gasteiger partial charge in [0.05, 0.1) is 11.3 Å². The van der Waals surface area contributed by atoms with Crippen molar-refractivity contribution < 1.29 is 4.74 Å². The van der Waals surface area contributed by atoms with Crippen molar-refractivity contribution in [3.63, 3.8) is 0 Å². The first-order valence-corrected chi connectivity index (χ1v) is 7.47. The molecule has 2 aliphatic rings. The number of hydrogen-bond acceptors (Lipinski definition) is 3. The highest BCUT2D eigenvalue weighted by Crippen LogP contribution is 2.36. The molecule has 90 valence electrons. The first kappa shape index (κ1) is 12.3. The molecule has 0 unspecified atom stereocenters. The molecule has 16 heavy (non-hydrogen) atoms. The first-order valence-electron chi connectivity index (χ1n) is 6.53. The summed E-state index contributed by atoms with van der Waals surface area (Å²) in [5.41, 5.74) is 0. The largest absolute Gasteiger partial charge is 0.381 e. The Morgan fingerprint density at radius 1 is 1.06 bits per heavy atom. The van der Waals surface area contributed by atoms with Crippen molar-refractivity contribution in [3.8, 4) is 6.07 Å². The first-order chi connectivity index (χ1) is 7.90. The van der Waals surface area contributed by atoms with Crippen molar-refractivity contribution in [1.82, 2.24) is 0 Å². The predicted molar refractivity (Wildman–Crippen MR) is 67.4 cm³/mol. The van der Waals surface area contributed by atoms with Crippen LogP contribution in [0.2, 0.25) is 0 Å². The molecule has 1 saturated heterocycles. The molecule has 1 saturated carbocycles. The van der Waals surface area contributed by atoms with E-state index in [0.29, 0.717) is 11.2 Å². The average Bonchev–Trinajstić information content (AvgIpc) is 2.38. The summed E-state index contributed by atoms with van der Waals surface area (Å²) in [6.07, 6.45) is 8.85. The Bertz CT molecular complexity index is 239. The van der Waals surface area contributed by atoms with Crippen molar-refractivity contribution >= 4 is 11.8 Å². The quantitative estimate of drug-likeness (QED) is 0.757. The molecule has 2 fully saturated rings. The van der Waals surface area contributed by atoms with Crippen LogP contribution in [0.3, 0.4) is 0 Å².